The van der Waals surface area contributed by atoms with E-state index in [1.165, 1.54) is 6.92 Å². The summed E-state index contributed by atoms with van der Waals surface area (Å²) in [5.74, 6) is -0.360. The van der Waals surface area contributed by atoms with Gasteiger partial charge in [0.1, 0.15) is 6.61 Å². The zero-order chi connectivity index (χ0) is 11.7. The smallest absolute Gasteiger partial charge is 0.245 e. The molecule has 0 aliphatic carbocycles. The molecule has 88 valence electrons. The van der Waals surface area contributed by atoms with Crippen LogP contribution in [-0.2, 0) is 9.59 Å². The van der Waals surface area contributed by atoms with E-state index >= 15 is 0 Å². The third-order valence-electron chi connectivity index (χ3n) is 1.99. The molecular weight excluding hydrogens is 196 g/mol. The van der Waals surface area contributed by atoms with E-state index in [2.05, 4.69) is 10.6 Å². The second-order valence-corrected chi connectivity index (χ2v) is 3.61. The number of carbonyl (C=O) groups is 2. The summed E-state index contributed by atoms with van der Waals surface area (Å²) in [5, 5.41) is 13.9. The molecule has 0 fully saturated rings. The van der Waals surface area contributed by atoms with E-state index in [4.69, 9.17) is 5.11 Å². The lowest BCUT2D eigenvalue weighted by Crippen LogP contribution is -2.34. The Bertz CT molecular complexity index is 207. The molecule has 0 aromatic carbocycles. The molecule has 0 saturated heterocycles. The van der Waals surface area contributed by atoms with Gasteiger partial charge in [0.05, 0.1) is 0 Å². The predicted octanol–water partition coefficient (Wildman–Crippen LogP) is -0.210. The highest BCUT2D eigenvalue weighted by molar-refractivity contribution is 5.77. The van der Waals surface area contributed by atoms with E-state index < -0.39 is 6.61 Å². The van der Waals surface area contributed by atoms with Crippen molar-refractivity contribution < 1.29 is 14.7 Å². The van der Waals surface area contributed by atoms with Crippen molar-refractivity contribution in [3.63, 3.8) is 0 Å². The van der Waals surface area contributed by atoms with Crippen LogP contribution in [0.2, 0.25) is 0 Å². The number of unbranched alkanes of at least 4 members (excludes halogenated alkanes) is 1. The molecule has 0 aromatic rings. The summed E-state index contributed by atoms with van der Waals surface area (Å²) in [5.41, 5.74) is 0. The predicted molar refractivity (Wildman–Crippen MR) is 57.2 cm³/mol. The molecule has 0 spiro atoms. The lowest BCUT2D eigenvalue weighted by atomic mass is 10.1. The fourth-order valence-electron chi connectivity index (χ4n) is 1.23. The highest BCUT2D eigenvalue weighted by Crippen LogP contribution is 1.99. The van der Waals surface area contributed by atoms with Crippen LogP contribution in [0.3, 0.4) is 0 Å². The van der Waals surface area contributed by atoms with E-state index in [-0.39, 0.29) is 17.9 Å². The molecule has 0 saturated carbocycles. The Kier molecular flexibility index (Phi) is 7.62. The molecule has 0 aromatic heterocycles. The van der Waals surface area contributed by atoms with Gasteiger partial charge in [-0.25, -0.2) is 0 Å². The Hall–Kier alpha value is -1.10. The van der Waals surface area contributed by atoms with Gasteiger partial charge in [0.25, 0.3) is 0 Å². The summed E-state index contributed by atoms with van der Waals surface area (Å²) in [6, 6.07) is 0.0713. The van der Waals surface area contributed by atoms with E-state index in [0.717, 1.165) is 19.3 Å². The Morgan fingerprint density at radius 1 is 1.33 bits per heavy atom. The highest BCUT2D eigenvalue weighted by atomic mass is 16.3. The van der Waals surface area contributed by atoms with Gasteiger partial charge < -0.3 is 15.7 Å². The van der Waals surface area contributed by atoms with E-state index in [1.807, 2.05) is 6.92 Å². The maximum absolute atomic E-state index is 10.8. The van der Waals surface area contributed by atoms with Crippen LogP contribution in [0.15, 0.2) is 0 Å². The van der Waals surface area contributed by atoms with Gasteiger partial charge in [-0.3, -0.25) is 9.59 Å². The van der Waals surface area contributed by atoms with Gasteiger partial charge in [-0.15, -0.1) is 0 Å². The monoisotopic (exact) mass is 216 g/mol. The molecule has 2 amide bonds. The quantitative estimate of drug-likeness (QED) is 0.515. The van der Waals surface area contributed by atoms with Gasteiger partial charge in [-0.1, -0.05) is 0 Å². The Balaban J connectivity index is 3.35. The fraction of sp³-hybridized carbons (Fsp3) is 0.800. The van der Waals surface area contributed by atoms with E-state index in [9.17, 15) is 9.59 Å². The SMILES string of the molecule is CC(=O)NCCCCC(C)NC(=O)CO. The zero-order valence-electron chi connectivity index (χ0n) is 9.38. The molecular formula is C10H20N2O3. The zero-order valence-corrected chi connectivity index (χ0v) is 9.38. The minimum atomic E-state index is -0.462. The highest BCUT2D eigenvalue weighted by Gasteiger charge is 2.05. The average molecular weight is 216 g/mol. The molecule has 5 nitrogen and oxygen atoms in total. The van der Waals surface area contributed by atoms with Crippen molar-refractivity contribution in [2.75, 3.05) is 13.2 Å². The summed E-state index contributed by atoms with van der Waals surface area (Å²) in [6.45, 7) is 3.60. The normalized spacial score (nSPS) is 11.9. The number of aliphatic hydroxyl groups excluding tert-OH is 1. The molecule has 0 bridgehead atoms. The first kappa shape index (κ1) is 13.9. The molecule has 15 heavy (non-hydrogen) atoms. The Morgan fingerprint density at radius 3 is 2.53 bits per heavy atom. The lowest BCUT2D eigenvalue weighted by Gasteiger charge is -2.12. The van der Waals surface area contributed by atoms with Gasteiger partial charge >= 0.3 is 0 Å². The van der Waals surface area contributed by atoms with Crippen molar-refractivity contribution in [3.8, 4) is 0 Å². The van der Waals surface area contributed by atoms with Crippen molar-refractivity contribution in [1.82, 2.24) is 10.6 Å². The number of hydrogen-bond acceptors (Lipinski definition) is 3. The molecule has 5 heteroatoms. The van der Waals surface area contributed by atoms with E-state index in [1.54, 1.807) is 0 Å². The summed E-state index contributed by atoms with van der Waals surface area (Å²) in [7, 11) is 0. The molecule has 0 rings (SSSR count). The minimum Gasteiger partial charge on any atom is -0.387 e. The largest absolute Gasteiger partial charge is 0.387 e. The third kappa shape index (κ3) is 9.21. The summed E-state index contributed by atoms with van der Waals surface area (Å²) < 4.78 is 0. The summed E-state index contributed by atoms with van der Waals surface area (Å²) in [6.07, 6.45) is 2.69. The summed E-state index contributed by atoms with van der Waals surface area (Å²) >= 11 is 0. The van der Waals surface area contributed by atoms with Crippen LogP contribution >= 0.6 is 0 Å². The molecule has 1 atom stereocenters. The molecule has 0 aliphatic rings. The number of nitrogens with one attached hydrogen (secondary N) is 2. The van der Waals surface area contributed by atoms with Crippen molar-refractivity contribution in [1.29, 1.82) is 0 Å². The molecule has 3 N–H and O–H groups in total. The van der Waals surface area contributed by atoms with Crippen molar-refractivity contribution in [3.05, 3.63) is 0 Å². The molecule has 0 radical (unpaired) electrons. The number of aliphatic hydroxyl groups is 1. The van der Waals surface area contributed by atoms with Crippen LogP contribution in [0.1, 0.15) is 33.1 Å². The van der Waals surface area contributed by atoms with Crippen LogP contribution in [0.4, 0.5) is 0 Å². The van der Waals surface area contributed by atoms with Gasteiger partial charge in [0.2, 0.25) is 11.8 Å². The molecule has 1 unspecified atom stereocenters. The van der Waals surface area contributed by atoms with Gasteiger partial charge in [0, 0.05) is 19.5 Å². The average Bonchev–Trinajstić information content (AvgIpc) is 2.16. The number of amides is 2. The van der Waals surface area contributed by atoms with Gasteiger partial charge in [-0.2, -0.15) is 0 Å². The second-order valence-electron chi connectivity index (χ2n) is 3.61. The molecule has 0 heterocycles. The Labute approximate surface area is 90.2 Å². The van der Waals surface area contributed by atoms with Gasteiger partial charge in [0.15, 0.2) is 0 Å². The van der Waals surface area contributed by atoms with Crippen molar-refractivity contribution in [2.24, 2.45) is 0 Å². The van der Waals surface area contributed by atoms with Crippen LogP contribution in [0.5, 0.6) is 0 Å². The van der Waals surface area contributed by atoms with Gasteiger partial charge in [-0.05, 0) is 26.2 Å². The lowest BCUT2D eigenvalue weighted by molar-refractivity contribution is -0.124. The first-order valence-electron chi connectivity index (χ1n) is 5.21. The Morgan fingerprint density at radius 2 is 2.00 bits per heavy atom. The second kappa shape index (κ2) is 8.23. The van der Waals surface area contributed by atoms with Crippen molar-refractivity contribution >= 4 is 11.8 Å². The van der Waals surface area contributed by atoms with Crippen molar-refractivity contribution in [2.45, 2.75) is 39.2 Å². The fourth-order valence-corrected chi connectivity index (χ4v) is 1.23. The first-order chi connectivity index (χ1) is 7.06. The van der Waals surface area contributed by atoms with Crippen LogP contribution in [-0.4, -0.2) is 36.1 Å². The van der Waals surface area contributed by atoms with Crippen LogP contribution < -0.4 is 10.6 Å². The number of carbonyl (C=O) groups excluding carboxylic acids is 2. The van der Waals surface area contributed by atoms with E-state index in [0.29, 0.717) is 6.54 Å². The number of hydrogen-bond donors (Lipinski definition) is 3. The number of rotatable bonds is 7. The maximum Gasteiger partial charge on any atom is 0.245 e. The first-order valence-corrected chi connectivity index (χ1v) is 5.21. The summed E-state index contributed by atoms with van der Waals surface area (Å²) in [4.78, 5) is 21.3. The van der Waals surface area contributed by atoms with Crippen LogP contribution in [0, 0.1) is 0 Å². The topological polar surface area (TPSA) is 78.4 Å². The van der Waals surface area contributed by atoms with Crippen LogP contribution in [0.25, 0.3) is 0 Å². The minimum absolute atomic E-state index is 0.0170. The third-order valence-corrected chi connectivity index (χ3v) is 1.99. The maximum atomic E-state index is 10.8. The molecule has 0 aliphatic heterocycles. The standard InChI is InChI=1S/C10H20N2O3/c1-8(12-10(15)7-13)5-3-4-6-11-9(2)14/h8,13H,3-7H2,1-2H3,(H,11,14)(H,12,15).